The van der Waals surface area contributed by atoms with E-state index in [1.807, 2.05) is 13.8 Å². The number of amides is 2. The lowest BCUT2D eigenvalue weighted by atomic mass is 10.1. The Morgan fingerprint density at radius 1 is 1.35 bits per heavy atom. The van der Waals surface area contributed by atoms with Gasteiger partial charge in [0.1, 0.15) is 13.1 Å². The Morgan fingerprint density at radius 3 is 2.65 bits per heavy atom. The molecule has 0 atom stereocenters. The van der Waals surface area contributed by atoms with Crippen LogP contribution in [0.1, 0.15) is 29.8 Å². The molecule has 2 N–H and O–H groups in total. The summed E-state index contributed by atoms with van der Waals surface area (Å²) in [5.74, 6) is -1.19. The van der Waals surface area contributed by atoms with Crippen LogP contribution in [0.3, 0.4) is 0 Å². The van der Waals surface area contributed by atoms with E-state index in [4.69, 9.17) is 0 Å². The maximum Gasteiger partial charge on any atom is 0.405 e. The first-order valence-corrected chi connectivity index (χ1v) is 7.18. The van der Waals surface area contributed by atoms with Crippen molar-refractivity contribution < 1.29 is 22.8 Å². The standard InChI is InChI=1S/C15H18F3N3O2/c1-9(2)20-11-5-3-4-10-6-21(14(23)13(10)11)7-12(22)19-8-15(16,17)18/h3-5,9,20H,6-8H2,1-2H3,(H,19,22). The number of carbonyl (C=O) groups excluding carboxylic acids is 2. The molecule has 2 rings (SSSR count). The largest absolute Gasteiger partial charge is 0.405 e. The molecule has 1 aliphatic heterocycles. The molecule has 0 radical (unpaired) electrons. The van der Waals surface area contributed by atoms with Crippen LogP contribution in [0.2, 0.25) is 0 Å². The molecule has 5 nitrogen and oxygen atoms in total. The molecule has 1 aromatic carbocycles. The van der Waals surface area contributed by atoms with Gasteiger partial charge in [0, 0.05) is 18.3 Å². The maximum absolute atomic E-state index is 12.4. The van der Waals surface area contributed by atoms with Crippen molar-refractivity contribution >= 4 is 17.5 Å². The Kier molecular flexibility index (Phi) is 4.82. The Hall–Kier alpha value is -2.25. The zero-order chi connectivity index (χ0) is 17.2. The van der Waals surface area contributed by atoms with E-state index in [2.05, 4.69) is 5.32 Å². The van der Waals surface area contributed by atoms with Crippen molar-refractivity contribution in [3.8, 4) is 0 Å². The predicted molar refractivity (Wildman–Crippen MR) is 79.0 cm³/mol. The number of hydrogen-bond acceptors (Lipinski definition) is 3. The summed E-state index contributed by atoms with van der Waals surface area (Å²) in [5.41, 5.74) is 1.90. The van der Waals surface area contributed by atoms with Gasteiger partial charge < -0.3 is 15.5 Å². The lowest BCUT2D eigenvalue weighted by Gasteiger charge is -2.16. The highest BCUT2D eigenvalue weighted by molar-refractivity contribution is 6.04. The molecule has 0 saturated carbocycles. The summed E-state index contributed by atoms with van der Waals surface area (Å²) >= 11 is 0. The number of rotatable bonds is 5. The van der Waals surface area contributed by atoms with Crippen molar-refractivity contribution in [1.82, 2.24) is 10.2 Å². The van der Waals surface area contributed by atoms with Gasteiger partial charge in [-0.25, -0.2) is 0 Å². The van der Waals surface area contributed by atoms with Crippen LogP contribution in [0.25, 0.3) is 0 Å². The minimum atomic E-state index is -4.47. The lowest BCUT2D eigenvalue weighted by Crippen LogP contribution is -2.41. The molecule has 1 aromatic rings. The number of benzene rings is 1. The Balaban J connectivity index is 2.05. The molecule has 0 saturated heterocycles. The highest BCUT2D eigenvalue weighted by Gasteiger charge is 2.32. The monoisotopic (exact) mass is 329 g/mol. The van der Waals surface area contributed by atoms with Crippen LogP contribution in [0.15, 0.2) is 18.2 Å². The molecular weight excluding hydrogens is 311 g/mol. The summed E-state index contributed by atoms with van der Waals surface area (Å²) in [6, 6.07) is 5.46. The highest BCUT2D eigenvalue weighted by atomic mass is 19.4. The molecule has 0 fully saturated rings. The van der Waals surface area contributed by atoms with Crippen LogP contribution >= 0.6 is 0 Å². The summed E-state index contributed by atoms with van der Waals surface area (Å²) in [6.45, 7) is 2.27. The van der Waals surface area contributed by atoms with E-state index < -0.39 is 25.2 Å². The fourth-order valence-electron chi connectivity index (χ4n) is 2.41. The third-order valence-electron chi connectivity index (χ3n) is 3.28. The van der Waals surface area contributed by atoms with E-state index >= 15 is 0 Å². The summed E-state index contributed by atoms with van der Waals surface area (Å²) in [6.07, 6.45) is -4.47. The van der Waals surface area contributed by atoms with Crippen LogP contribution in [0, 0.1) is 0 Å². The molecule has 126 valence electrons. The Morgan fingerprint density at radius 2 is 2.04 bits per heavy atom. The fraction of sp³-hybridized carbons (Fsp3) is 0.467. The van der Waals surface area contributed by atoms with Gasteiger partial charge in [0.25, 0.3) is 5.91 Å². The van der Waals surface area contributed by atoms with Gasteiger partial charge in [-0.3, -0.25) is 9.59 Å². The van der Waals surface area contributed by atoms with Gasteiger partial charge in [-0.2, -0.15) is 13.2 Å². The number of halogens is 3. The summed E-state index contributed by atoms with van der Waals surface area (Å²) in [4.78, 5) is 25.2. The third kappa shape index (κ3) is 4.37. The van der Waals surface area contributed by atoms with Gasteiger partial charge in [0.15, 0.2) is 0 Å². The van der Waals surface area contributed by atoms with E-state index in [9.17, 15) is 22.8 Å². The summed E-state index contributed by atoms with van der Waals surface area (Å²) in [5, 5.41) is 4.93. The first-order chi connectivity index (χ1) is 10.7. The molecule has 0 aliphatic carbocycles. The van der Waals surface area contributed by atoms with Gasteiger partial charge in [0.05, 0.1) is 5.56 Å². The number of fused-ring (bicyclic) bond motifs is 1. The second-order valence-electron chi connectivity index (χ2n) is 5.69. The Labute approximate surface area is 131 Å². The normalized spacial score (nSPS) is 14.2. The van der Waals surface area contributed by atoms with E-state index in [1.54, 1.807) is 23.5 Å². The van der Waals surface area contributed by atoms with Crippen molar-refractivity contribution in [2.45, 2.75) is 32.6 Å². The molecule has 23 heavy (non-hydrogen) atoms. The van der Waals surface area contributed by atoms with Crippen molar-refractivity contribution in [2.75, 3.05) is 18.4 Å². The summed E-state index contributed by atoms with van der Waals surface area (Å²) < 4.78 is 36.3. The first kappa shape index (κ1) is 17.1. The minimum absolute atomic E-state index is 0.124. The quantitative estimate of drug-likeness (QED) is 0.870. The zero-order valence-electron chi connectivity index (χ0n) is 12.8. The van der Waals surface area contributed by atoms with Crippen LogP contribution in [-0.4, -0.2) is 42.0 Å². The molecule has 2 amide bonds. The van der Waals surface area contributed by atoms with Crippen molar-refractivity contribution in [3.05, 3.63) is 29.3 Å². The number of alkyl halides is 3. The topological polar surface area (TPSA) is 61.4 Å². The van der Waals surface area contributed by atoms with Crippen LogP contribution < -0.4 is 10.6 Å². The smallest absolute Gasteiger partial charge is 0.382 e. The first-order valence-electron chi connectivity index (χ1n) is 7.18. The van der Waals surface area contributed by atoms with E-state index in [0.717, 1.165) is 5.56 Å². The average Bonchev–Trinajstić information content (AvgIpc) is 2.73. The van der Waals surface area contributed by atoms with E-state index in [1.165, 1.54) is 4.90 Å². The van der Waals surface area contributed by atoms with Crippen molar-refractivity contribution in [1.29, 1.82) is 0 Å². The summed E-state index contributed by atoms with van der Waals surface area (Å²) in [7, 11) is 0. The maximum atomic E-state index is 12.4. The number of carbonyl (C=O) groups is 2. The minimum Gasteiger partial charge on any atom is -0.382 e. The lowest BCUT2D eigenvalue weighted by molar-refractivity contribution is -0.138. The molecule has 0 aromatic heterocycles. The van der Waals surface area contributed by atoms with Crippen LogP contribution in [0.5, 0.6) is 0 Å². The molecular formula is C15H18F3N3O2. The van der Waals surface area contributed by atoms with Crippen LogP contribution in [0.4, 0.5) is 18.9 Å². The molecule has 1 aliphatic rings. The van der Waals surface area contributed by atoms with Gasteiger partial charge in [-0.15, -0.1) is 0 Å². The molecule has 0 spiro atoms. The van der Waals surface area contributed by atoms with Crippen molar-refractivity contribution in [2.24, 2.45) is 0 Å². The predicted octanol–water partition coefficient (Wildman–Crippen LogP) is 2.14. The Bertz CT molecular complexity index is 614. The zero-order valence-corrected chi connectivity index (χ0v) is 12.8. The van der Waals surface area contributed by atoms with Gasteiger partial charge in [-0.05, 0) is 25.5 Å². The van der Waals surface area contributed by atoms with Gasteiger partial charge >= 0.3 is 6.18 Å². The number of nitrogens with zero attached hydrogens (tertiary/aromatic N) is 1. The van der Waals surface area contributed by atoms with Crippen molar-refractivity contribution in [3.63, 3.8) is 0 Å². The van der Waals surface area contributed by atoms with Gasteiger partial charge in [0.2, 0.25) is 5.91 Å². The third-order valence-corrected chi connectivity index (χ3v) is 3.28. The molecule has 1 heterocycles. The molecule has 0 bridgehead atoms. The fourth-order valence-corrected chi connectivity index (χ4v) is 2.41. The second-order valence-corrected chi connectivity index (χ2v) is 5.69. The number of nitrogens with one attached hydrogen (secondary N) is 2. The number of hydrogen-bond donors (Lipinski definition) is 2. The molecule has 0 unspecified atom stereocenters. The second kappa shape index (κ2) is 6.47. The van der Waals surface area contributed by atoms with Gasteiger partial charge in [-0.1, -0.05) is 12.1 Å². The van der Waals surface area contributed by atoms with E-state index in [0.29, 0.717) is 11.3 Å². The van der Waals surface area contributed by atoms with E-state index in [-0.39, 0.29) is 18.5 Å². The van der Waals surface area contributed by atoms with Crippen LogP contribution in [-0.2, 0) is 11.3 Å². The average molecular weight is 329 g/mol. The highest BCUT2D eigenvalue weighted by Crippen LogP contribution is 2.29. The number of anilines is 1. The SMILES string of the molecule is CC(C)Nc1cccc2c1C(=O)N(CC(=O)NCC(F)(F)F)C2. The molecule has 8 heteroatoms.